The number of benzene rings is 1. The molecule has 6 nitrogen and oxygen atoms in total. The summed E-state index contributed by atoms with van der Waals surface area (Å²) in [7, 11) is 1.78. The molecule has 1 aromatic carbocycles. The van der Waals surface area contributed by atoms with E-state index in [0.717, 1.165) is 5.56 Å². The molecule has 1 aliphatic rings. The van der Waals surface area contributed by atoms with Crippen molar-refractivity contribution in [3.05, 3.63) is 23.8 Å². The molecular weight excluding hydrogens is 248 g/mol. The Kier molecular flexibility index (Phi) is 4.01. The average molecular weight is 264 g/mol. The first kappa shape index (κ1) is 13.4. The van der Waals surface area contributed by atoms with Crippen LogP contribution in [0.2, 0.25) is 0 Å². The number of carbonyl (C=O) groups excluding carboxylic acids is 1. The van der Waals surface area contributed by atoms with Crippen molar-refractivity contribution in [1.29, 1.82) is 0 Å². The summed E-state index contributed by atoms with van der Waals surface area (Å²) >= 11 is 0. The van der Waals surface area contributed by atoms with Gasteiger partial charge in [0.1, 0.15) is 5.75 Å². The molecule has 102 valence electrons. The third-order valence-corrected chi connectivity index (χ3v) is 2.98. The van der Waals surface area contributed by atoms with Crippen molar-refractivity contribution in [1.82, 2.24) is 5.32 Å². The van der Waals surface area contributed by atoms with Crippen LogP contribution in [0.3, 0.4) is 0 Å². The number of carboxylic acids is 1. The van der Waals surface area contributed by atoms with E-state index >= 15 is 0 Å². The quantitative estimate of drug-likeness (QED) is 0.732. The van der Waals surface area contributed by atoms with Gasteiger partial charge in [0, 0.05) is 12.5 Å². The van der Waals surface area contributed by atoms with Crippen LogP contribution in [0.5, 0.6) is 5.75 Å². The van der Waals surface area contributed by atoms with Crippen molar-refractivity contribution in [3.8, 4) is 5.75 Å². The van der Waals surface area contributed by atoms with Crippen LogP contribution < -0.4 is 15.4 Å². The Labute approximate surface area is 110 Å². The maximum absolute atomic E-state index is 11.3. The summed E-state index contributed by atoms with van der Waals surface area (Å²) in [5, 5.41) is 14.6. The lowest BCUT2D eigenvalue weighted by Gasteiger charge is -2.21. The maximum Gasteiger partial charge on any atom is 0.304 e. The third-order valence-electron chi connectivity index (χ3n) is 2.98. The SMILES string of the molecule is CNCC(CC(=O)O)c1ccc2c(c1)NC(=O)CO2. The molecule has 0 fully saturated rings. The molecule has 0 aliphatic carbocycles. The smallest absolute Gasteiger partial charge is 0.304 e. The molecule has 0 aromatic heterocycles. The fourth-order valence-electron chi connectivity index (χ4n) is 2.12. The van der Waals surface area contributed by atoms with Crippen LogP contribution in [0.15, 0.2) is 18.2 Å². The highest BCUT2D eigenvalue weighted by Gasteiger charge is 2.20. The monoisotopic (exact) mass is 264 g/mol. The topological polar surface area (TPSA) is 87.7 Å². The van der Waals surface area contributed by atoms with Gasteiger partial charge in [0.25, 0.3) is 5.91 Å². The molecule has 0 radical (unpaired) electrons. The largest absolute Gasteiger partial charge is 0.482 e. The predicted molar refractivity (Wildman–Crippen MR) is 69.5 cm³/mol. The highest BCUT2D eigenvalue weighted by molar-refractivity contribution is 5.95. The minimum absolute atomic E-state index is 0.0153. The van der Waals surface area contributed by atoms with E-state index < -0.39 is 5.97 Å². The summed E-state index contributed by atoms with van der Waals surface area (Å²) in [6.07, 6.45) is 0.0361. The van der Waals surface area contributed by atoms with Gasteiger partial charge in [-0.15, -0.1) is 0 Å². The van der Waals surface area contributed by atoms with Crippen molar-refractivity contribution in [3.63, 3.8) is 0 Å². The first-order valence-electron chi connectivity index (χ1n) is 6.03. The Morgan fingerprint density at radius 2 is 2.37 bits per heavy atom. The average Bonchev–Trinajstić information content (AvgIpc) is 2.37. The molecular formula is C13H16N2O4. The zero-order chi connectivity index (χ0) is 13.8. The number of hydrogen-bond donors (Lipinski definition) is 3. The lowest BCUT2D eigenvalue weighted by molar-refractivity contribution is -0.137. The van der Waals surface area contributed by atoms with E-state index in [1.165, 1.54) is 0 Å². The summed E-state index contributed by atoms with van der Waals surface area (Å²) in [4.78, 5) is 22.1. The van der Waals surface area contributed by atoms with Crippen molar-refractivity contribution in [2.75, 3.05) is 25.5 Å². The van der Waals surface area contributed by atoms with Crippen LogP contribution in [0.4, 0.5) is 5.69 Å². The van der Waals surface area contributed by atoms with Gasteiger partial charge in [-0.3, -0.25) is 9.59 Å². The van der Waals surface area contributed by atoms with Crippen LogP contribution >= 0.6 is 0 Å². The number of anilines is 1. The molecule has 1 aliphatic heterocycles. The number of aliphatic carboxylic acids is 1. The van der Waals surface area contributed by atoms with Gasteiger partial charge in [-0.1, -0.05) is 6.07 Å². The first-order valence-corrected chi connectivity index (χ1v) is 6.03. The molecule has 19 heavy (non-hydrogen) atoms. The standard InChI is InChI=1S/C13H16N2O4/c1-14-6-9(5-13(17)18)8-2-3-11-10(4-8)15-12(16)7-19-11/h2-4,9,14H,5-7H2,1H3,(H,15,16)(H,17,18). The minimum Gasteiger partial charge on any atom is -0.482 e. The first-order chi connectivity index (χ1) is 9.10. The van der Waals surface area contributed by atoms with Gasteiger partial charge in [-0.05, 0) is 24.7 Å². The van der Waals surface area contributed by atoms with Gasteiger partial charge in [-0.2, -0.15) is 0 Å². The molecule has 0 bridgehead atoms. The van der Waals surface area contributed by atoms with E-state index in [2.05, 4.69) is 10.6 Å². The van der Waals surface area contributed by atoms with E-state index in [-0.39, 0.29) is 24.9 Å². The van der Waals surface area contributed by atoms with E-state index in [0.29, 0.717) is 18.0 Å². The molecule has 3 N–H and O–H groups in total. The highest BCUT2D eigenvalue weighted by atomic mass is 16.5. The van der Waals surface area contributed by atoms with E-state index in [9.17, 15) is 9.59 Å². The van der Waals surface area contributed by atoms with Crippen molar-refractivity contribution >= 4 is 17.6 Å². The molecule has 2 rings (SSSR count). The number of ether oxygens (including phenoxy) is 1. The van der Waals surface area contributed by atoms with Crippen molar-refractivity contribution < 1.29 is 19.4 Å². The van der Waals surface area contributed by atoms with Gasteiger partial charge in [0.15, 0.2) is 6.61 Å². The van der Waals surface area contributed by atoms with E-state index in [1.54, 1.807) is 19.2 Å². The molecule has 0 saturated carbocycles. The molecule has 1 unspecified atom stereocenters. The summed E-state index contributed by atoms with van der Waals surface area (Å²) in [5.41, 5.74) is 1.46. The summed E-state index contributed by atoms with van der Waals surface area (Å²) < 4.78 is 5.27. The van der Waals surface area contributed by atoms with Gasteiger partial charge in [-0.25, -0.2) is 0 Å². The summed E-state index contributed by atoms with van der Waals surface area (Å²) in [6.45, 7) is 0.571. The number of fused-ring (bicyclic) bond motifs is 1. The Bertz CT molecular complexity index is 501. The predicted octanol–water partition coefficient (Wildman–Crippen LogP) is 0.795. The van der Waals surface area contributed by atoms with Gasteiger partial charge >= 0.3 is 5.97 Å². The van der Waals surface area contributed by atoms with Crippen LogP contribution in [0.25, 0.3) is 0 Å². The normalized spacial score (nSPS) is 15.1. The molecule has 1 aromatic rings. The number of carboxylic acid groups (broad SMARTS) is 1. The molecule has 6 heteroatoms. The zero-order valence-corrected chi connectivity index (χ0v) is 10.6. The lowest BCUT2D eigenvalue weighted by atomic mass is 9.95. The zero-order valence-electron chi connectivity index (χ0n) is 10.6. The number of amides is 1. The molecule has 1 atom stereocenters. The van der Waals surface area contributed by atoms with Crippen molar-refractivity contribution in [2.45, 2.75) is 12.3 Å². The number of rotatable bonds is 5. The highest BCUT2D eigenvalue weighted by Crippen LogP contribution is 2.31. The second kappa shape index (κ2) is 5.71. The van der Waals surface area contributed by atoms with Crippen LogP contribution in [-0.2, 0) is 9.59 Å². The fraction of sp³-hybridized carbons (Fsp3) is 0.385. The third kappa shape index (κ3) is 3.23. The maximum atomic E-state index is 11.3. The molecule has 0 saturated heterocycles. The Balaban J connectivity index is 2.25. The van der Waals surface area contributed by atoms with Crippen LogP contribution in [0.1, 0.15) is 17.9 Å². The Morgan fingerprint density at radius 3 is 3.05 bits per heavy atom. The van der Waals surface area contributed by atoms with Crippen LogP contribution in [0, 0.1) is 0 Å². The second-order valence-electron chi connectivity index (χ2n) is 4.44. The summed E-state index contributed by atoms with van der Waals surface area (Å²) in [5.74, 6) is -0.584. The Morgan fingerprint density at radius 1 is 1.58 bits per heavy atom. The summed E-state index contributed by atoms with van der Waals surface area (Å²) in [6, 6.07) is 5.37. The number of carbonyl (C=O) groups is 2. The molecule has 1 heterocycles. The van der Waals surface area contributed by atoms with Gasteiger partial charge in [0.2, 0.25) is 0 Å². The van der Waals surface area contributed by atoms with E-state index in [4.69, 9.17) is 9.84 Å². The Hall–Kier alpha value is -2.08. The van der Waals surface area contributed by atoms with Crippen LogP contribution in [-0.4, -0.2) is 37.2 Å². The minimum atomic E-state index is -0.849. The second-order valence-corrected chi connectivity index (χ2v) is 4.44. The van der Waals surface area contributed by atoms with Gasteiger partial charge in [0.05, 0.1) is 12.1 Å². The lowest BCUT2D eigenvalue weighted by Crippen LogP contribution is -2.26. The molecule has 1 amide bonds. The number of likely N-dealkylation sites (N-methyl/N-ethyl adjacent to an activating group) is 1. The fourth-order valence-corrected chi connectivity index (χ4v) is 2.12. The van der Waals surface area contributed by atoms with Gasteiger partial charge < -0.3 is 20.5 Å². The van der Waals surface area contributed by atoms with Crippen molar-refractivity contribution in [2.24, 2.45) is 0 Å². The number of nitrogens with one attached hydrogen (secondary N) is 2. The molecule has 0 spiro atoms. The number of hydrogen-bond acceptors (Lipinski definition) is 4. The van der Waals surface area contributed by atoms with E-state index in [1.807, 2.05) is 6.07 Å².